The van der Waals surface area contributed by atoms with Crippen molar-refractivity contribution in [3.05, 3.63) is 0 Å². The largest absolute Gasteiger partial charge is 0.317 e. The third kappa shape index (κ3) is 7.82. The van der Waals surface area contributed by atoms with Crippen molar-refractivity contribution in [2.24, 2.45) is 0 Å². The molecule has 0 aromatic carbocycles. The second-order valence-electron chi connectivity index (χ2n) is 2.53. The van der Waals surface area contributed by atoms with Crippen LogP contribution in [-0.2, 0) is 0 Å². The van der Waals surface area contributed by atoms with Gasteiger partial charge in [-0.3, -0.25) is 0 Å². The minimum Gasteiger partial charge on any atom is -0.317 e. The van der Waals surface area contributed by atoms with E-state index in [1.54, 1.807) is 0 Å². The van der Waals surface area contributed by atoms with Gasteiger partial charge in [-0.15, -0.1) is 0 Å². The average molecular weight is 151 g/mol. The van der Waals surface area contributed by atoms with E-state index in [0.717, 1.165) is 13.5 Å². The quantitative estimate of drug-likeness (QED) is 0.593. The zero-order valence-corrected chi connectivity index (χ0v) is 6.58. The van der Waals surface area contributed by atoms with Crippen molar-refractivity contribution in [2.45, 2.75) is 32.6 Å². The molecule has 0 bridgehead atoms. The molecular formula is C7H15F2N. The van der Waals surface area contributed by atoms with Gasteiger partial charge in [0.15, 0.2) is 0 Å². The fourth-order valence-corrected chi connectivity index (χ4v) is 0.701. The molecule has 0 heterocycles. The highest BCUT2D eigenvalue weighted by atomic mass is 19.3. The molecule has 0 amide bonds. The lowest BCUT2D eigenvalue weighted by Gasteiger charge is -2.08. The van der Waals surface area contributed by atoms with Crippen LogP contribution >= 0.6 is 0 Å². The monoisotopic (exact) mass is 151 g/mol. The highest BCUT2D eigenvalue weighted by Gasteiger charge is 2.19. The van der Waals surface area contributed by atoms with Crippen molar-refractivity contribution in [1.82, 2.24) is 5.32 Å². The topological polar surface area (TPSA) is 12.0 Å². The van der Waals surface area contributed by atoms with Crippen molar-refractivity contribution < 1.29 is 8.78 Å². The van der Waals surface area contributed by atoms with Gasteiger partial charge in [-0.1, -0.05) is 6.92 Å². The first-order valence-corrected chi connectivity index (χ1v) is 3.65. The summed E-state index contributed by atoms with van der Waals surface area (Å²) in [4.78, 5) is 0. The Kier molecular flexibility index (Phi) is 4.52. The third-order valence-corrected chi connectivity index (χ3v) is 1.22. The van der Waals surface area contributed by atoms with E-state index >= 15 is 0 Å². The number of alkyl halides is 2. The van der Waals surface area contributed by atoms with Crippen LogP contribution in [0.5, 0.6) is 0 Å². The van der Waals surface area contributed by atoms with Crippen LogP contribution in [0.15, 0.2) is 0 Å². The summed E-state index contributed by atoms with van der Waals surface area (Å²) in [6.45, 7) is 4.47. The Morgan fingerprint density at radius 1 is 1.40 bits per heavy atom. The number of rotatable bonds is 5. The molecule has 0 aromatic heterocycles. The Morgan fingerprint density at radius 3 is 2.40 bits per heavy atom. The van der Waals surface area contributed by atoms with Gasteiger partial charge in [0, 0.05) is 6.42 Å². The van der Waals surface area contributed by atoms with E-state index in [1.807, 2.05) is 6.92 Å². The molecule has 1 N–H and O–H groups in total. The summed E-state index contributed by atoms with van der Waals surface area (Å²) in [6, 6.07) is 0. The predicted molar refractivity (Wildman–Crippen MR) is 38.4 cm³/mol. The summed E-state index contributed by atoms with van der Waals surface area (Å²) in [5.41, 5.74) is 0. The van der Waals surface area contributed by atoms with Gasteiger partial charge >= 0.3 is 0 Å². The Balaban J connectivity index is 3.04. The van der Waals surface area contributed by atoms with Gasteiger partial charge in [-0.05, 0) is 26.4 Å². The number of nitrogens with one attached hydrogen (secondary N) is 1. The summed E-state index contributed by atoms with van der Waals surface area (Å²) < 4.78 is 24.2. The second kappa shape index (κ2) is 4.61. The van der Waals surface area contributed by atoms with E-state index in [2.05, 4.69) is 5.32 Å². The summed E-state index contributed by atoms with van der Waals surface area (Å²) in [6.07, 6.45) is 0.539. The van der Waals surface area contributed by atoms with E-state index < -0.39 is 5.92 Å². The maximum absolute atomic E-state index is 12.1. The van der Waals surface area contributed by atoms with Crippen LogP contribution < -0.4 is 5.32 Å². The number of hydrogen-bond donors (Lipinski definition) is 1. The van der Waals surface area contributed by atoms with Crippen LogP contribution in [0.4, 0.5) is 8.78 Å². The molecule has 10 heavy (non-hydrogen) atoms. The van der Waals surface area contributed by atoms with E-state index in [-0.39, 0.29) is 6.42 Å². The zero-order valence-electron chi connectivity index (χ0n) is 6.58. The first-order valence-electron chi connectivity index (χ1n) is 3.65. The van der Waals surface area contributed by atoms with Crippen LogP contribution in [0.25, 0.3) is 0 Å². The lowest BCUT2D eigenvalue weighted by Crippen LogP contribution is -2.17. The summed E-state index contributed by atoms with van der Waals surface area (Å²) >= 11 is 0. The van der Waals surface area contributed by atoms with Crippen LogP contribution in [0.2, 0.25) is 0 Å². The molecule has 0 atom stereocenters. The maximum Gasteiger partial charge on any atom is 0.245 e. The first-order chi connectivity index (χ1) is 4.56. The average Bonchev–Trinajstić information content (AvgIpc) is 1.78. The first kappa shape index (κ1) is 9.82. The Hall–Kier alpha value is -0.180. The van der Waals surface area contributed by atoms with Crippen LogP contribution in [0.3, 0.4) is 0 Å². The molecule has 0 radical (unpaired) electrons. The van der Waals surface area contributed by atoms with Crippen molar-refractivity contribution in [1.29, 1.82) is 0 Å². The standard InChI is InChI=1S/C7H15F2N/c1-3-10-6-4-5-7(2,8)9/h10H,3-6H2,1-2H3. The molecule has 0 spiro atoms. The molecule has 1 nitrogen and oxygen atoms in total. The predicted octanol–water partition coefficient (Wildman–Crippen LogP) is 2.03. The molecule has 0 unspecified atom stereocenters. The summed E-state index contributed by atoms with van der Waals surface area (Å²) in [7, 11) is 0. The molecule has 62 valence electrons. The van der Waals surface area contributed by atoms with Crippen molar-refractivity contribution in [3.8, 4) is 0 Å². The molecule has 0 aromatic rings. The minimum atomic E-state index is -2.49. The van der Waals surface area contributed by atoms with Gasteiger partial charge in [0.05, 0.1) is 0 Å². The Bertz CT molecular complexity index is 78.2. The van der Waals surface area contributed by atoms with Crippen LogP contribution in [-0.4, -0.2) is 19.0 Å². The van der Waals surface area contributed by atoms with E-state index in [0.29, 0.717) is 13.0 Å². The highest BCUT2D eigenvalue weighted by Crippen LogP contribution is 2.17. The Labute approximate surface area is 60.8 Å². The van der Waals surface area contributed by atoms with Gasteiger partial charge in [0.25, 0.3) is 0 Å². The van der Waals surface area contributed by atoms with Crippen molar-refractivity contribution >= 4 is 0 Å². The van der Waals surface area contributed by atoms with Gasteiger partial charge in [-0.25, -0.2) is 8.78 Å². The molecule has 0 fully saturated rings. The van der Waals surface area contributed by atoms with Gasteiger partial charge < -0.3 is 5.32 Å². The molecule has 3 heteroatoms. The SMILES string of the molecule is CCNCCCC(C)(F)F. The fraction of sp³-hybridized carbons (Fsp3) is 1.00. The summed E-state index contributed by atoms with van der Waals surface area (Å²) in [5.74, 6) is -2.49. The smallest absolute Gasteiger partial charge is 0.245 e. The lowest BCUT2D eigenvalue weighted by molar-refractivity contribution is 0.0111. The molecule has 0 saturated carbocycles. The third-order valence-electron chi connectivity index (χ3n) is 1.22. The highest BCUT2D eigenvalue weighted by molar-refractivity contribution is 4.58. The van der Waals surface area contributed by atoms with Gasteiger partial charge in [0.2, 0.25) is 5.92 Å². The van der Waals surface area contributed by atoms with Gasteiger partial charge in [0.1, 0.15) is 0 Å². The number of halogens is 2. The lowest BCUT2D eigenvalue weighted by atomic mass is 10.2. The second-order valence-corrected chi connectivity index (χ2v) is 2.53. The molecule has 0 aliphatic rings. The molecule has 0 rings (SSSR count). The summed E-state index contributed by atoms with van der Waals surface area (Å²) in [5, 5.41) is 2.99. The molecule has 0 aliphatic carbocycles. The van der Waals surface area contributed by atoms with Crippen molar-refractivity contribution in [2.75, 3.05) is 13.1 Å². The van der Waals surface area contributed by atoms with E-state index in [4.69, 9.17) is 0 Å². The van der Waals surface area contributed by atoms with E-state index in [1.165, 1.54) is 0 Å². The molecular weight excluding hydrogens is 136 g/mol. The maximum atomic E-state index is 12.1. The van der Waals surface area contributed by atoms with Crippen LogP contribution in [0.1, 0.15) is 26.7 Å². The van der Waals surface area contributed by atoms with Gasteiger partial charge in [-0.2, -0.15) is 0 Å². The molecule has 0 aliphatic heterocycles. The normalized spacial score (nSPS) is 12.0. The minimum absolute atomic E-state index is 0.0139. The Morgan fingerprint density at radius 2 is 2.00 bits per heavy atom. The van der Waals surface area contributed by atoms with Crippen molar-refractivity contribution in [3.63, 3.8) is 0 Å². The van der Waals surface area contributed by atoms with E-state index in [9.17, 15) is 8.78 Å². The fourth-order valence-electron chi connectivity index (χ4n) is 0.701. The number of hydrogen-bond acceptors (Lipinski definition) is 1. The molecule has 0 saturated heterocycles. The zero-order chi connectivity index (χ0) is 8.04. The van der Waals surface area contributed by atoms with Crippen LogP contribution in [0, 0.1) is 0 Å².